The van der Waals surface area contributed by atoms with Crippen LogP contribution in [-0.2, 0) is 11.4 Å². The Morgan fingerprint density at radius 2 is 1.67 bits per heavy atom. The third-order valence-corrected chi connectivity index (χ3v) is 5.73. The van der Waals surface area contributed by atoms with E-state index in [1.165, 1.54) is 35.2 Å². The number of hydrogen-bond donors (Lipinski definition) is 0. The number of thiocarbonyl (C=S) groups is 1. The number of amides is 1. The van der Waals surface area contributed by atoms with E-state index in [-0.39, 0.29) is 24.1 Å². The van der Waals surface area contributed by atoms with E-state index in [4.69, 9.17) is 17.0 Å². The van der Waals surface area contributed by atoms with E-state index in [1.54, 1.807) is 42.5 Å². The fourth-order valence-corrected chi connectivity index (χ4v) is 4.21. The van der Waals surface area contributed by atoms with Gasteiger partial charge in [0.05, 0.1) is 10.6 Å². The summed E-state index contributed by atoms with van der Waals surface area (Å²) in [5.41, 5.74) is 1.62. The number of thioether (sulfide) groups is 1. The monoisotopic (exact) mass is 439 g/mol. The number of halogens is 2. The van der Waals surface area contributed by atoms with Gasteiger partial charge in [-0.25, -0.2) is 8.78 Å². The van der Waals surface area contributed by atoms with Crippen molar-refractivity contribution in [3.05, 3.63) is 100 Å². The number of benzene rings is 3. The van der Waals surface area contributed by atoms with Crippen LogP contribution >= 0.6 is 24.0 Å². The molecule has 3 aromatic carbocycles. The summed E-state index contributed by atoms with van der Waals surface area (Å²) in [4.78, 5) is 14.7. The molecular formula is C23H15F2NO2S2. The molecule has 150 valence electrons. The van der Waals surface area contributed by atoms with Gasteiger partial charge in [0, 0.05) is 11.1 Å². The van der Waals surface area contributed by atoms with Crippen molar-refractivity contribution in [2.45, 2.75) is 6.61 Å². The number of carbonyl (C=O) groups is 1. The second kappa shape index (κ2) is 8.77. The molecule has 0 radical (unpaired) electrons. The Hall–Kier alpha value is -3.03. The molecule has 3 nitrogen and oxygen atoms in total. The molecule has 0 N–H and O–H groups in total. The Kier molecular flexibility index (Phi) is 5.92. The van der Waals surface area contributed by atoms with Gasteiger partial charge in [-0.05, 0) is 42.5 Å². The van der Waals surface area contributed by atoms with Gasteiger partial charge in [-0.1, -0.05) is 60.4 Å². The fourth-order valence-electron chi connectivity index (χ4n) is 2.92. The smallest absolute Gasteiger partial charge is 0.270 e. The minimum Gasteiger partial charge on any atom is -0.488 e. The first-order chi connectivity index (χ1) is 14.5. The molecule has 0 unspecified atom stereocenters. The van der Waals surface area contributed by atoms with Crippen molar-refractivity contribution in [2.24, 2.45) is 0 Å². The van der Waals surface area contributed by atoms with Gasteiger partial charge in [0.25, 0.3) is 5.91 Å². The second-order valence-corrected chi connectivity index (χ2v) is 8.09. The third kappa shape index (κ3) is 4.27. The number of para-hydroxylation sites is 1. The Labute approximate surface area is 182 Å². The summed E-state index contributed by atoms with van der Waals surface area (Å²) < 4.78 is 33.2. The number of nitrogens with zero attached hydrogens (tertiary/aromatic N) is 1. The van der Waals surface area contributed by atoms with Gasteiger partial charge in [0.1, 0.15) is 24.0 Å². The number of anilines is 1. The van der Waals surface area contributed by atoms with E-state index in [0.29, 0.717) is 31.8 Å². The Balaban J connectivity index is 1.58. The van der Waals surface area contributed by atoms with E-state index in [9.17, 15) is 13.6 Å². The molecule has 1 saturated heterocycles. The van der Waals surface area contributed by atoms with Gasteiger partial charge in [0.2, 0.25) is 0 Å². The largest absolute Gasteiger partial charge is 0.488 e. The number of carbonyl (C=O) groups excluding carboxylic acids is 1. The van der Waals surface area contributed by atoms with Crippen molar-refractivity contribution < 1.29 is 18.3 Å². The van der Waals surface area contributed by atoms with Gasteiger partial charge in [0.15, 0.2) is 4.32 Å². The highest BCUT2D eigenvalue weighted by Crippen LogP contribution is 2.37. The standard InChI is InChI=1S/C23H15F2NO2S2/c24-17-9-11-18(12-10-17)26-22(27)21(30-23(26)29)13-15-5-2-4-8-20(15)28-14-16-6-1-3-7-19(16)25/h1-13H,14H2/b21-13+. The molecule has 0 aliphatic carbocycles. The summed E-state index contributed by atoms with van der Waals surface area (Å²) in [6.07, 6.45) is 1.69. The van der Waals surface area contributed by atoms with E-state index in [1.807, 2.05) is 6.07 Å². The molecule has 0 aromatic heterocycles. The number of ether oxygens (including phenoxy) is 1. The first kappa shape index (κ1) is 20.3. The Bertz CT molecular complexity index is 1150. The Morgan fingerprint density at radius 1 is 0.967 bits per heavy atom. The van der Waals surface area contributed by atoms with Crippen LogP contribution in [-0.4, -0.2) is 10.2 Å². The van der Waals surface area contributed by atoms with E-state index < -0.39 is 0 Å². The van der Waals surface area contributed by atoms with Gasteiger partial charge >= 0.3 is 0 Å². The highest BCUT2D eigenvalue weighted by atomic mass is 32.2. The molecule has 1 amide bonds. The van der Waals surface area contributed by atoms with Crippen LogP contribution in [0.4, 0.5) is 14.5 Å². The molecule has 3 aromatic rings. The summed E-state index contributed by atoms with van der Waals surface area (Å²) in [7, 11) is 0. The summed E-state index contributed by atoms with van der Waals surface area (Å²) in [5, 5.41) is 0. The lowest BCUT2D eigenvalue weighted by Gasteiger charge is -2.14. The third-order valence-electron chi connectivity index (χ3n) is 4.43. The highest BCUT2D eigenvalue weighted by molar-refractivity contribution is 8.27. The molecule has 0 bridgehead atoms. The van der Waals surface area contributed by atoms with Gasteiger partial charge in [-0.15, -0.1) is 0 Å². The number of hydrogen-bond acceptors (Lipinski definition) is 4. The van der Waals surface area contributed by atoms with E-state index in [0.717, 1.165) is 11.8 Å². The van der Waals surface area contributed by atoms with Gasteiger partial charge in [-0.3, -0.25) is 9.69 Å². The zero-order valence-corrected chi connectivity index (χ0v) is 17.2. The van der Waals surface area contributed by atoms with Crippen molar-refractivity contribution in [2.75, 3.05) is 4.90 Å². The minimum atomic E-state index is -0.388. The fraction of sp³-hybridized carbons (Fsp3) is 0.0435. The van der Waals surface area contributed by atoms with Crippen molar-refractivity contribution in [1.29, 1.82) is 0 Å². The first-order valence-electron chi connectivity index (χ1n) is 9.02. The normalized spacial score (nSPS) is 15.1. The van der Waals surface area contributed by atoms with Crippen molar-refractivity contribution >= 4 is 46.0 Å². The molecular weight excluding hydrogens is 424 g/mol. The first-order valence-corrected chi connectivity index (χ1v) is 10.2. The van der Waals surface area contributed by atoms with E-state index >= 15 is 0 Å². The lowest BCUT2D eigenvalue weighted by molar-refractivity contribution is -0.113. The van der Waals surface area contributed by atoms with Gasteiger partial charge < -0.3 is 4.74 Å². The second-order valence-electron chi connectivity index (χ2n) is 6.41. The molecule has 1 aliphatic rings. The van der Waals surface area contributed by atoms with Crippen LogP contribution in [0.1, 0.15) is 11.1 Å². The topological polar surface area (TPSA) is 29.5 Å². The maximum absolute atomic E-state index is 13.9. The molecule has 1 heterocycles. The van der Waals surface area contributed by atoms with Crippen LogP contribution < -0.4 is 9.64 Å². The predicted octanol–water partition coefficient (Wildman–Crippen LogP) is 5.95. The van der Waals surface area contributed by atoms with Crippen LogP contribution in [0.5, 0.6) is 5.75 Å². The summed E-state index contributed by atoms with van der Waals surface area (Å²) in [6, 6.07) is 19.2. The van der Waals surface area contributed by atoms with Crippen molar-refractivity contribution in [1.82, 2.24) is 0 Å². The predicted molar refractivity (Wildman–Crippen MR) is 119 cm³/mol. The van der Waals surface area contributed by atoms with Crippen LogP contribution in [0.25, 0.3) is 6.08 Å². The van der Waals surface area contributed by atoms with Crippen molar-refractivity contribution in [3.8, 4) is 5.75 Å². The molecule has 30 heavy (non-hydrogen) atoms. The minimum absolute atomic E-state index is 0.0636. The van der Waals surface area contributed by atoms with Gasteiger partial charge in [-0.2, -0.15) is 0 Å². The lowest BCUT2D eigenvalue weighted by Crippen LogP contribution is -2.27. The average molecular weight is 440 g/mol. The molecule has 0 atom stereocenters. The zero-order valence-electron chi connectivity index (χ0n) is 15.5. The van der Waals surface area contributed by atoms with Crippen LogP contribution in [0, 0.1) is 11.6 Å². The maximum atomic E-state index is 13.9. The molecule has 0 saturated carbocycles. The van der Waals surface area contributed by atoms with E-state index in [2.05, 4.69) is 0 Å². The maximum Gasteiger partial charge on any atom is 0.270 e. The average Bonchev–Trinajstić information content (AvgIpc) is 3.02. The van der Waals surface area contributed by atoms with Crippen LogP contribution in [0.2, 0.25) is 0 Å². The lowest BCUT2D eigenvalue weighted by atomic mass is 10.1. The molecule has 1 fully saturated rings. The Morgan fingerprint density at radius 3 is 2.43 bits per heavy atom. The summed E-state index contributed by atoms with van der Waals surface area (Å²) in [6.45, 7) is 0.0636. The number of rotatable bonds is 5. The SMILES string of the molecule is O=C1/C(=C\c2ccccc2OCc2ccccc2F)SC(=S)N1c1ccc(F)cc1. The van der Waals surface area contributed by atoms with Crippen molar-refractivity contribution in [3.63, 3.8) is 0 Å². The quantitative estimate of drug-likeness (QED) is 0.363. The highest BCUT2D eigenvalue weighted by Gasteiger charge is 2.33. The molecule has 7 heteroatoms. The molecule has 4 rings (SSSR count). The summed E-state index contributed by atoms with van der Waals surface area (Å²) in [5.74, 6) is -0.496. The van der Waals surface area contributed by atoms with Crippen LogP contribution in [0.3, 0.4) is 0 Å². The zero-order chi connectivity index (χ0) is 21.1. The molecule has 0 spiro atoms. The summed E-state index contributed by atoms with van der Waals surface area (Å²) >= 11 is 6.51. The van der Waals surface area contributed by atoms with Crippen LogP contribution in [0.15, 0.2) is 77.7 Å². The molecule has 1 aliphatic heterocycles.